The summed E-state index contributed by atoms with van der Waals surface area (Å²) >= 11 is 0. The molecule has 0 spiro atoms. The Morgan fingerprint density at radius 2 is 1.43 bits per heavy atom. The SMILES string of the molecule is Cc1ccc(C(=O)c2cnn(Cc3ccccc3)c2-c2ccc(C)cc2)cc1. The van der Waals surface area contributed by atoms with E-state index < -0.39 is 0 Å². The van der Waals surface area contributed by atoms with E-state index in [0.717, 1.165) is 22.4 Å². The van der Waals surface area contributed by atoms with Crippen molar-refractivity contribution < 1.29 is 4.79 Å². The molecule has 1 aromatic heterocycles. The summed E-state index contributed by atoms with van der Waals surface area (Å²) in [5.41, 5.74) is 6.62. The minimum Gasteiger partial charge on any atom is -0.288 e. The van der Waals surface area contributed by atoms with Crippen molar-refractivity contribution in [2.75, 3.05) is 0 Å². The number of hydrogen-bond acceptors (Lipinski definition) is 2. The zero-order chi connectivity index (χ0) is 19.5. The van der Waals surface area contributed by atoms with Gasteiger partial charge >= 0.3 is 0 Å². The van der Waals surface area contributed by atoms with Crippen molar-refractivity contribution in [2.45, 2.75) is 20.4 Å². The highest BCUT2D eigenvalue weighted by Gasteiger charge is 2.20. The fraction of sp³-hybridized carbons (Fsp3) is 0.120. The van der Waals surface area contributed by atoms with Crippen molar-refractivity contribution in [2.24, 2.45) is 0 Å². The number of carbonyl (C=O) groups is 1. The molecule has 0 aliphatic heterocycles. The summed E-state index contributed by atoms with van der Waals surface area (Å²) in [5, 5.41) is 4.57. The van der Waals surface area contributed by atoms with Gasteiger partial charge in [0.15, 0.2) is 5.78 Å². The number of benzene rings is 3. The van der Waals surface area contributed by atoms with E-state index in [9.17, 15) is 4.79 Å². The third-order valence-electron chi connectivity index (χ3n) is 4.90. The molecular formula is C25H22N2O. The van der Waals surface area contributed by atoms with Gasteiger partial charge in [0.05, 0.1) is 24.0 Å². The zero-order valence-electron chi connectivity index (χ0n) is 16.1. The Kier molecular flexibility index (Phi) is 4.90. The molecule has 0 bridgehead atoms. The van der Waals surface area contributed by atoms with E-state index in [4.69, 9.17) is 0 Å². The Labute approximate surface area is 165 Å². The van der Waals surface area contributed by atoms with Crippen LogP contribution in [0.4, 0.5) is 0 Å². The number of ketones is 1. The number of nitrogens with zero attached hydrogens (tertiary/aromatic N) is 2. The zero-order valence-corrected chi connectivity index (χ0v) is 16.1. The van der Waals surface area contributed by atoms with Gasteiger partial charge in [0.2, 0.25) is 0 Å². The molecule has 0 atom stereocenters. The van der Waals surface area contributed by atoms with E-state index in [0.29, 0.717) is 17.7 Å². The van der Waals surface area contributed by atoms with E-state index in [2.05, 4.69) is 48.4 Å². The largest absolute Gasteiger partial charge is 0.288 e. The molecule has 1 heterocycles. The van der Waals surface area contributed by atoms with Crippen LogP contribution in [0, 0.1) is 13.8 Å². The van der Waals surface area contributed by atoms with E-state index in [1.165, 1.54) is 5.56 Å². The Balaban J connectivity index is 1.80. The van der Waals surface area contributed by atoms with Gasteiger partial charge in [-0.25, -0.2) is 0 Å². The summed E-state index contributed by atoms with van der Waals surface area (Å²) in [7, 11) is 0. The maximum Gasteiger partial charge on any atom is 0.196 e. The molecular weight excluding hydrogens is 344 g/mol. The van der Waals surface area contributed by atoms with Gasteiger partial charge in [-0.15, -0.1) is 0 Å². The van der Waals surface area contributed by atoms with Crippen LogP contribution in [0.2, 0.25) is 0 Å². The van der Waals surface area contributed by atoms with Crippen molar-refractivity contribution in [3.63, 3.8) is 0 Å². The van der Waals surface area contributed by atoms with E-state index in [1.807, 2.05) is 54.1 Å². The third kappa shape index (κ3) is 3.65. The molecule has 0 saturated heterocycles. The topological polar surface area (TPSA) is 34.9 Å². The number of aryl methyl sites for hydroxylation is 2. The summed E-state index contributed by atoms with van der Waals surface area (Å²) in [4.78, 5) is 13.2. The van der Waals surface area contributed by atoms with E-state index >= 15 is 0 Å². The smallest absolute Gasteiger partial charge is 0.196 e. The van der Waals surface area contributed by atoms with Gasteiger partial charge in [0.25, 0.3) is 0 Å². The summed E-state index contributed by atoms with van der Waals surface area (Å²) in [5.74, 6) is -0.00473. The lowest BCUT2D eigenvalue weighted by Crippen LogP contribution is -2.07. The first-order chi connectivity index (χ1) is 13.6. The predicted molar refractivity (Wildman–Crippen MR) is 113 cm³/mol. The van der Waals surface area contributed by atoms with Gasteiger partial charge in [0.1, 0.15) is 0 Å². The minimum atomic E-state index is -0.00473. The molecule has 28 heavy (non-hydrogen) atoms. The standard InChI is InChI=1S/C25H22N2O/c1-18-8-12-21(13-9-18)24-23(25(28)22-14-10-19(2)11-15-22)16-26-27(24)17-20-6-4-3-5-7-20/h3-16H,17H2,1-2H3. The van der Waals surface area contributed by atoms with Gasteiger partial charge in [0, 0.05) is 11.1 Å². The Morgan fingerprint density at radius 1 is 0.821 bits per heavy atom. The lowest BCUT2D eigenvalue weighted by atomic mass is 9.99. The minimum absolute atomic E-state index is 0.00473. The van der Waals surface area contributed by atoms with Crippen LogP contribution in [0.25, 0.3) is 11.3 Å². The normalized spacial score (nSPS) is 10.8. The summed E-state index contributed by atoms with van der Waals surface area (Å²) in [6.07, 6.45) is 1.69. The predicted octanol–water partition coefficient (Wildman–Crippen LogP) is 5.45. The quantitative estimate of drug-likeness (QED) is 0.440. The number of aromatic nitrogens is 2. The molecule has 3 aromatic carbocycles. The summed E-state index contributed by atoms with van der Waals surface area (Å²) in [6, 6.07) is 26.1. The summed E-state index contributed by atoms with van der Waals surface area (Å²) < 4.78 is 1.92. The molecule has 0 amide bonds. The van der Waals surface area contributed by atoms with Crippen LogP contribution in [-0.4, -0.2) is 15.6 Å². The van der Waals surface area contributed by atoms with Gasteiger partial charge in [-0.3, -0.25) is 9.48 Å². The maximum absolute atomic E-state index is 13.2. The number of carbonyl (C=O) groups excluding carboxylic acids is 1. The van der Waals surface area contributed by atoms with Crippen LogP contribution >= 0.6 is 0 Å². The van der Waals surface area contributed by atoms with Crippen LogP contribution in [-0.2, 0) is 6.54 Å². The van der Waals surface area contributed by atoms with Crippen LogP contribution in [0.5, 0.6) is 0 Å². The molecule has 0 fully saturated rings. The number of hydrogen-bond donors (Lipinski definition) is 0. The van der Waals surface area contributed by atoms with E-state index in [-0.39, 0.29) is 5.78 Å². The lowest BCUT2D eigenvalue weighted by molar-refractivity contribution is 0.103. The average Bonchev–Trinajstić information content (AvgIpc) is 3.13. The molecule has 0 saturated carbocycles. The van der Waals surface area contributed by atoms with Crippen LogP contribution < -0.4 is 0 Å². The molecule has 0 unspecified atom stereocenters. The van der Waals surface area contributed by atoms with Gasteiger partial charge in [-0.05, 0) is 19.4 Å². The van der Waals surface area contributed by atoms with Gasteiger partial charge in [-0.2, -0.15) is 5.10 Å². The average molecular weight is 366 g/mol. The van der Waals surface area contributed by atoms with Crippen LogP contribution in [0.3, 0.4) is 0 Å². The van der Waals surface area contributed by atoms with Gasteiger partial charge in [-0.1, -0.05) is 90.0 Å². The van der Waals surface area contributed by atoms with Crippen molar-refractivity contribution >= 4 is 5.78 Å². The fourth-order valence-corrected chi connectivity index (χ4v) is 3.30. The molecule has 0 aliphatic rings. The Morgan fingerprint density at radius 3 is 2.07 bits per heavy atom. The van der Waals surface area contributed by atoms with Crippen molar-refractivity contribution in [3.05, 3.63) is 113 Å². The maximum atomic E-state index is 13.2. The van der Waals surface area contributed by atoms with Crippen LogP contribution in [0.15, 0.2) is 85.1 Å². The fourth-order valence-electron chi connectivity index (χ4n) is 3.30. The first-order valence-corrected chi connectivity index (χ1v) is 9.40. The molecule has 0 N–H and O–H groups in total. The molecule has 4 aromatic rings. The highest BCUT2D eigenvalue weighted by molar-refractivity contribution is 6.12. The van der Waals surface area contributed by atoms with Crippen molar-refractivity contribution in [1.29, 1.82) is 0 Å². The van der Waals surface area contributed by atoms with Crippen molar-refractivity contribution in [1.82, 2.24) is 9.78 Å². The summed E-state index contributed by atoms with van der Waals surface area (Å²) in [6.45, 7) is 4.69. The second-order valence-corrected chi connectivity index (χ2v) is 7.11. The van der Waals surface area contributed by atoms with Crippen molar-refractivity contribution in [3.8, 4) is 11.3 Å². The molecule has 3 nitrogen and oxygen atoms in total. The van der Waals surface area contributed by atoms with Gasteiger partial charge < -0.3 is 0 Å². The second-order valence-electron chi connectivity index (χ2n) is 7.11. The highest BCUT2D eigenvalue weighted by Crippen LogP contribution is 2.27. The molecule has 0 radical (unpaired) electrons. The first kappa shape index (κ1) is 17.9. The highest BCUT2D eigenvalue weighted by atomic mass is 16.1. The molecule has 0 aliphatic carbocycles. The molecule has 4 rings (SSSR count). The van der Waals surface area contributed by atoms with Crippen LogP contribution in [0.1, 0.15) is 32.6 Å². The monoisotopic (exact) mass is 366 g/mol. The third-order valence-corrected chi connectivity index (χ3v) is 4.90. The molecule has 138 valence electrons. The van der Waals surface area contributed by atoms with E-state index in [1.54, 1.807) is 6.20 Å². The first-order valence-electron chi connectivity index (χ1n) is 9.40. The number of rotatable bonds is 5. The molecule has 3 heteroatoms. The Hall–Kier alpha value is -3.46. The lowest BCUT2D eigenvalue weighted by Gasteiger charge is -2.11. The Bertz CT molecular complexity index is 1090. The second kappa shape index (κ2) is 7.65.